The Morgan fingerprint density at radius 1 is 1.40 bits per heavy atom. The van der Waals surface area contributed by atoms with E-state index >= 15 is 0 Å². The molecule has 1 aromatic carbocycles. The lowest BCUT2D eigenvalue weighted by atomic mass is 10.2. The molecule has 6 nitrogen and oxygen atoms in total. The number of nitrogens with zero attached hydrogens (tertiary/aromatic N) is 2. The molecule has 7 heteroatoms. The van der Waals surface area contributed by atoms with E-state index < -0.39 is 0 Å². The van der Waals surface area contributed by atoms with Crippen LogP contribution in [0.4, 0.5) is 0 Å². The highest BCUT2D eigenvalue weighted by Gasteiger charge is 2.13. The number of hydrogen-bond donors (Lipinski definition) is 0. The van der Waals surface area contributed by atoms with Crippen LogP contribution in [0.1, 0.15) is 5.89 Å². The van der Waals surface area contributed by atoms with E-state index in [1.165, 1.54) is 7.11 Å². The van der Waals surface area contributed by atoms with Gasteiger partial charge >= 0.3 is 0 Å². The summed E-state index contributed by atoms with van der Waals surface area (Å²) in [6.07, 6.45) is 0.0676. The summed E-state index contributed by atoms with van der Waals surface area (Å²) in [6, 6.07) is 5.44. The Morgan fingerprint density at radius 2 is 2.20 bits per heavy atom. The highest BCUT2D eigenvalue weighted by Crippen LogP contribution is 2.29. The summed E-state index contributed by atoms with van der Waals surface area (Å²) in [7, 11) is 3.06. The van der Waals surface area contributed by atoms with Crippen molar-refractivity contribution < 1.29 is 18.8 Å². The second-order valence-electron chi connectivity index (χ2n) is 4.01. The van der Waals surface area contributed by atoms with Crippen molar-refractivity contribution in [3.8, 4) is 17.1 Å². The number of rotatable bonds is 6. The fourth-order valence-corrected chi connectivity index (χ4v) is 2.17. The molecule has 1 aromatic heterocycles. The van der Waals surface area contributed by atoms with Crippen LogP contribution in [0.15, 0.2) is 27.2 Å². The number of hydrogen-bond acceptors (Lipinski definition) is 6. The van der Waals surface area contributed by atoms with E-state index in [9.17, 15) is 4.79 Å². The summed E-state index contributed by atoms with van der Waals surface area (Å²) in [5.41, 5.74) is 0.770. The van der Waals surface area contributed by atoms with Crippen LogP contribution < -0.4 is 4.74 Å². The predicted molar refractivity (Wildman–Crippen MR) is 74.6 cm³/mol. The molecule has 20 heavy (non-hydrogen) atoms. The summed E-state index contributed by atoms with van der Waals surface area (Å²) < 4.78 is 15.7. The Hall–Kier alpha value is -1.73. The first kappa shape index (κ1) is 14.7. The summed E-state index contributed by atoms with van der Waals surface area (Å²) in [5.74, 6) is 1.30. The molecule has 0 aliphatic rings. The predicted octanol–water partition coefficient (Wildman–Crippen LogP) is 2.27. The fourth-order valence-electron chi connectivity index (χ4n) is 1.63. The van der Waals surface area contributed by atoms with Crippen molar-refractivity contribution in [3.05, 3.63) is 28.6 Å². The van der Waals surface area contributed by atoms with Gasteiger partial charge < -0.3 is 14.0 Å². The minimum absolute atomic E-state index is 0.0335. The van der Waals surface area contributed by atoms with Gasteiger partial charge in [-0.1, -0.05) is 5.16 Å². The third kappa shape index (κ3) is 3.43. The van der Waals surface area contributed by atoms with E-state index in [0.29, 0.717) is 11.6 Å². The first-order chi connectivity index (χ1) is 9.63. The van der Waals surface area contributed by atoms with Crippen molar-refractivity contribution in [2.24, 2.45) is 0 Å². The molecule has 0 spiro atoms. The number of carbonyl (C=O) groups is 1. The van der Waals surface area contributed by atoms with Gasteiger partial charge in [-0.25, -0.2) is 0 Å². The van der Waals surface area contributed by atoms with Crippen molar-refractivity contribution in [3.63, 3.8) is 0 Å². The van der Waals surface area contributed by atoms with Crippen LogP contribution >= 0.6 is 15.9 Å². The number of benzene rings is 1. The average molecular weight is 341 g/mol. The summed E-state index contributed by atoms with van der Waals surface area (Å²) in [6.45, 7) is 0.0335. The van der Waals surface area contributed by atoms with Gasteiger partial charge in [0.15, 0.2) is 5.78 Å². The molecular formula is C13H13BrN2O4. The Morgan fingerprint density at radius 3 is 2.85 bits per heavy atom. The van der Waals surface area contributed by atoms with Gasteiger partial charge in [0.05, 0.1) is 18.0 Å². The Kier molecular flexibility index (Phi) is 4.86. The highest BCUT2D eigenvalue weighted by molar-refractivity contribution is 9.10. The normalized spacial score (nSPS) is 10.6. The Balaban J connectivity index is 2.16. The van der Waals surface area contributed by atoms with Crippen molar-refractivity contribution in [1.29, 1.82) is 0 Å². The van der Waals surface area contributed by atoms with Crippen molar-refractivity contribution in [2.75, 3.05) is 20.8 Å². The van der Waals surface area contributed by atoms with Gasteiger partial charge in [0.2, 0.25) is 11.7 Å². The third-order valence-corrected chi connectivity index (χ3v) is 3.15. The van der Waals surface area contributed by atoms with E-state index in [1.54, 1.807) is 13.2 Å². The van der Waals surface area contributed by atoms with Crippen LogP contribution in [0, 0.1) is 0 Å². The second-order valence-corrected chi connectivity index (χ2v) is 4.86. The van der Waals surface area contributed by atoms with Crippen LogP contribution in [0.25, 0.3) is 11.4 Å². The van der Waals surface area contributed by atoms with Gasteiger partial charge in [-0.3, -0.25) is 4.79 Å². The lowest BCUT2D eigenvalue weighted by Crippen LogP contribution is -2.09. The Bertz CT molecular complexity index is 612. The molecule has 2 aromatic rings. The van der Waals surface area contributed by atoms with Crippen LogP contribution in [0.3, 0.4) is 0 Å². The third-order valence-electron chi connectivity index (χ3n) is 2.53. The van der Waals surface area contributed by atoms with Gasteiger partial charge in [0.1, 0.15) is 12.4 Å². The number of methoxy groups -OCH3 is 2. The van der Waals surface area contributed by atoms with E-state index in [2.05, 4.69) is 26.1 Å². The molecule has 0 fully saturated rings. The van der Waals surface area contributed by atoms with E-state index in [0.717, 1.165) is 10.0 Å². The molecule has 0 atom stereocenters. The zero-order valence-electron chi connectivity index (χ0n) is 11.1. The SMILES string of the molecule is COCC(=O)Cc1nc(-c2ccc(OC)c(Br)c2)no1. The maximum absolute atomic E-state index is 11.4. The standard InChI is InChI=1S/C13H13BrN2O4/c1-18-7-9(17)6-12-15-13(16-20-12)8-3-4-11(19-2)10(14)5-8/h3-5H,6-7H2,1-2H3. The molecule has 0 bridgehead atoms. The number of ketones is 1. The number of Topliss-reactive ketones (excluding diaryl/α,β-unsaturated/α-hetero) is 1. The van der Waals surface area contributed by atoms with Crippen molar-refractivity contribution >= 4 is 21.7 Å². The number of halogens is 1. The zero-order chi connectivity index (χ0) is 14.5. The van der Waals surface area contributed by atoms with Crippen molar-refractivity contribution in [2.45, 2.75) is 6.42 Å². The van der Waals surface area contributed by atoms with Gasteiger partial charge in [-0.2, -0.15) is 4.98 Å². The molecule has 1 heterocycles. The topological polar surface area (TPSA) is 74.5 Å². The maximum atomic E-state index is 11.4. The van der Waals surface area contributed by atoms with Gasteiger partial charge in [-0.05, 0) is 34.1 Å². The largest absolute Gasteiger partial charge is 0.496 e. The van der Waals surface area contributed by atoms with E-state index in [4.69, 9.17) is 14.0 Å². The fraction of sp³-hybridized carbons (Fsp3) is 0.308. The van der Waals surface area contributed by atoms with Gasteiger partial charge in [-0.15, -0.1) is 0 Å². The number of ether oxygens (including phenoxy) is 2. The second kappa shape index (κ2) is 6.62. The molecule has 0 aliphatic carbocycles. The molecule has 0 N–H and O–H groups in total. The van der Waals surface area contributed by atoms with E-state index in [-0.39, 0.29) is 24.7 Å². The van der Waals surface area contributed by atoms with E-state index in [1.807, 2.05) is 12.1 Å². The smallest absolute Gasteiger partial charge is 0.234 e. The molecule has 0 radical (unpaired) electrons. The summed E-state index contributed by atoms with van der Waals surface area (Å²) in [5, 5.41) is 3.86. The molecule has 0 saturated carbocycles. The molecule has 0 saturated heterocycles. The van der Waals surface area contributed by atoms with Crippen molar-refractivity contribution in [1.82, 2.24) is 10.1 Å². The van der Waals surface area contributed by atoms with Gasteiger partial charge in [0.25, 0.3) is 0 Å². The first-order valence-electron chi connectivity index (χ1n) is 5.81. The zero-order valence-corrected chi connectivity index (χ0v) is 12.6. The highest BCUT2D eigenvalue weighted by atomic mass is 79.9. The molecule has 106 valence electrons. The maximum Gasteiger partial charge on any atom is 0.234 e. The summed E-state index contributed by atoms with van der Waals surface area (Å²) in [4.78, 5) is 15.6. The number of carbonyl (C=O) groups excluding carboxylic acids is 1. The lowest BCUT2D eigenvalue weighted by molar-refractivity contribution is -0.122. The first-order valence-corrected chi connectivity index (χ1v) is 6.60. The number of aromatic nitrogens is 2. The molecule has 0 amide bonds. The summed E-state index contributed by atoms with van der Waals surface area (Å²) >= 11 is 3.39. The molecule has 0 aliphatic heterocycles. The minimum atomic E-state index is -0.112. The average Bonchev–Trinajstić information content (AvgIpc) is 2.87. The monoisotopic (exact) mass is 340 g/mol. The quantitative estimate of drug-likeness (QED) is 0.802. The molecule has 0 unspecified atom stereocenters. The lowest BCUT2D eigenvalue weighted by Gasteiger charge is -2.03. The van der Waals surface area contributed by atoms with Crippen LogP contribution in [0.2, 0.25) is 0 Å². The molecule has 2 rings (SSSR count). The molecular weight excluding hydrogens is 328 g/mol. The van der Waals surface area contributed by atoms with Gasteiger partial charge in [0, 0.05) is 12.7 Å². The van der Waals surface area contributed by atoms with Crippen LogP contribution in [-0.2, 0) is 16.0 Å². The Labute approximate surface area is 124 Å². The van der Waals surface area contributed by atoms with Crippen LogP contribution in [-0.4, -0.2) is 36.8 Å². The minimum Gasteiger partial charge on any atom is -0.496 e. The van der Waals surface area contributed by atoms with Crippen LogP contribution in [0.5, 0.6) is 5.75 Å².